The molecule has 0 bridgehead atoms. The Hall–Kier alpha value is 0.390. The van der Waals surface area contributed by atoms with Crippen molar-refractivity contribution in [2.75, 3.05) is 0 Å². The Morgan fingerprint density at radius 1 is 1.18 bits per heavy atom. The quantitative estimate of drug-likeness (QED) is 0.388. The van der Waals surface area contributed by atoms with Gasteiger partial charge in [-0.25, -0.2) is 8.78 Å². The van der Waals surface area contributed by atoms with Gasteiger partial charge in [0.2, 0.25) is 0 Å². The predicted octanol–water partition coefficient (Wildman–Crippen LogP) is 3.88. The molecule has 0 N–H and O–H groups in total. The molecule has 1 rings (SSSR count). The fraction of sp³-hybridized carbons (Fsp3) is 0. The van der Waals surface area contributed by atoms with Crippen molar-refractivity contribution < 1.29 is 8.78 Å². The summed E-state index contributed by atoms with van der Waals surface area (Å²) in [6.07, 6.45) is 0. The van der Waals surface area contributed by atoms with Gasteiger partial charge in [-0.3, -0.25) is 0 Å². The molecule has 0 saturated heterocycles. The van der Waals surface area contributed by atoms with Crippen molar-refractivity contribution in [3.8, 4) is 0 Å². The number of hydrogen-bond acceptors (Lipinski definition) is 0. The molecule has 0 spiro atoms. The summed E-state index contributed by atoms with van der Waals surface area (Å²) >= 11 is 12.4. The van der Waals surface area contributed by atoms with Gasteiger partial charge in [0.15, 0.2) is 11.6 Å². The van der Waals surface area contributed by atoms with Crippen molar-refractivity contribution in [2.45, 2.75) is 0 Å². The van der Waals surface area contributed by atoms with Crippen molar-refractivity contribution in [2.24, 2.45) is 0 Å². The van der Waals surface area contributed by atoms with E-state index in [-0.39, 0.29) is 13.6 Å². The molecule has 60 valence electrons. The van der Waals surface area contributed by atoms with E-state index >= 15 is 0 Å². The SMILES string of the molecule is Fc1c(I)cc(Cl)c(Cl)c1F. The maximum atomic E-state index is 12.7. The van der Waals surface area contributed by atoms with Crippen LogP contribution in [0.5, 0.6) is 0 Å². The highest BCUT2D eigenvalue weighted by atomic mass is 127. The van der Waals surface area contributed by atoms with Crippen molar-refractivity contribution in [1.82, 2.24) is 0 Å². The average Bonchev–Trinajstić information content (AvgIpc) is 1.97. The van der Waals surface area contributed by atoms with Crippen LogP contribution in [0.25, 0.3) is 0 Å². The van der Waals surface area contributed by atoms with Gasteiger partial charge in [-0.15, -0.1) is 0 Å². The number of benzene rings is 1. The predicted molar refractivity (Wildman–Crippen MR) is 49.1 cm³/mol. The molecule has 0 aliphatic heterocycles. The molecule has 0 heterocycles. The zero-order chi connectivity index (χ0) is 8.59. The first-order valence-corrected chi connectivity index (χ1v) is 4.36. The molecule has 0 aliphatic rings. The second-order valence-corrected chi connectivity index (χ2v) is 3.73. The molecular weight excluding hydrogens is 308 g/mol. The van der Waals surface area contributed by atoms with Crippen LogP contribution in [0.3, 0.4) is 0 Å². The highest BCUT2D eigenvalue weighted by Crippen LogP contribution is 2.29. The van der Waals surface area contributed by atoms with E-state index in [0.717, 1.165) is 0 Å². The van der Waals surface area contributed by atoms with Gasteiger partial charge in [-0.2, -0.15) is 0 Å². The van der Waals surface area contributed by atoms with E-state index in [1.807, 2.05) is 0 Å². The number of hydrogen-bond donors (Lipinski definition) is 0. The number of rotatable bonds is 0. The van der Waals surface area contributed by atoms with Crippen molar-refractivity contribution in [1.29, 1.82) is 0 Å². The van der Waals surface area contributed by atoms with Gasteiger partial charge in [0.1, 0.15) is 0 Å². The Morgan fingerprint density at radius 2 is 1.73 bits per heavy atom. The fourth-order valence-corrected chi connectivity index (χ4v) is 1.61. The molecule has 1 aromatic carbocycles. The molecule has 0 amide bonds. The third-order valence-electron chi connectivity index (χ3n) is 1.06. The summed E-state index contributed by atoms with van der Waals surface area (Å²) in [6, 6.07) is 1.27. The molecule has 0 unspecified atom stereocenters. The Morgan fingerprint density at radius 3 is 2.27 bits per heavy atom. The molecule has 5 heteroatoms. The van der Waals surface area contributed by atoms with Gasteiger partial charge in [0.05, 0.1) is 13.6 Å². The molecule has 0 atom stereocenters. The summed E-state index contributed by atoms with van der Waals surface area (Å²) < 4.78 is 25.4. The van der Waals surface area contributed by atoms with Gasteiger partial charge in [0, 0.05) is 0 Å². The van der Waals surface area contributed by atoms with E-state index in [2.05, 4.69) is 0 Å². The van der Waals surface area contributed by atoms with Gasteiger partial charge in [-0.1, -0.05) is 23.2 Å². The van der Waals surface area contributed by atoms with E-state index in [1.165, 1.54) is 6.07 Å². The van der Waals surface area contributed by atoms with Gasteiger partial charge < -0.3 is 0 Å². The molecule has 0 nitrogen and oxygen atoms in total. The Kier molecular flexibility index (Phi) is 2.94. The van der Waals surface area contributed by atoms with E-state index in [1.54, 1.807) is 22.6 Å². The highest BCUT2D eigenvalue weighted by molar-refractivity contribution is 14.1. The lowest BCUT2D eigenvalue weighted by Crippen LogP contribution is -1.90. The van der Waals surface area contributed by atoms with Crippen molar-refractivity contribution in [3.63, 3.8) is 0 Å². The van der Waals surface area contributed by atoms with Crippen LogP contribution in [0.2, 0.25) is 10.0 Å². The molecule has 11 heavy (non-hydrogen) atoms. The second-order valence-electron chi connectivity index (χ2n) is 1.78. The highest BCUT2D eigenvalue weighted by Gasteiger charge is 2.13. The van der Waals surface area contributed by atoms with Crippen molar-refractivity contribution >= 4 is 45.8 Å². The minimum atomic E-state index is -1.09. The normalized spacial score (nSPS) is 10.3. The first kappa shape index (κ1) is 9.48. The number of halogens is 5. The summed E-state index contributed by atoms with van der Waals surface area (Å²) in [5.74, 6) is -2.05. The van der Waals surface area contributed by atoms with Crippen LogP contribution in [0, 0.1) is 15.2 Å². The first-order chi connectivity index (χ1) is 5.04. The lowest BCUT2D eigenvalue weighted by molar-refractivity contribution is 0.504. The summed E-state index contributed by atoms with van der Waals surface area (Å²) in [4.78, 5) is 0. The Balaban J connectivity index is 3.46. The van der Waals surface area contributed by atoms with Crippen LogP contribution >= 0.6 is 45.8 Å². The van der Waals surface area contributed by atoms with E-state index in [4.69, 9.17) is 23.2 Å². The summed E-state index contributed by atoms with van der Waals surface area (Å²) in [6.45, 7) is 0. The minimum Gasteiger partial charge on any atom is -0.203 e. The zero-order valence-electron chi connectivity index (χ0n) is 4.97. The smallest absolute Gasteiger partial charge is 0.180 e. The third-order valence-corrected chi connectivity index (χ3v) is 2.61. The van der Waals surface area contributed by atoms with Gasteiger partial charge >= 0.3 is 0 Å². The molecule has 0 radical (unpaired) electrons. The standard InChI is InChI=1S/C6HCl2F2I/c7-2-1-3(11)5(9)6(10)4(2)8/h1H. The van der Waals surface area contributed by atoms with Crippen LogP contribution in [0.1, 0.15) is 0 Å². The molecule has 1 aromatic rings. The lowest BCUT2D eigenvalue weighted by atomic mass is 10.3. The van der Waals surface area contributed by atoms with Crippen LogP contribution < -0.4 is 0 Å². The van der Waals surface area contributed by atoms with Crippen molar-refractivity contribution in [3.05, 3.63) is 31.3 Å². The maximum absolute atomic E-state index is 12.7. The Labute approximate surface area is 85.6 Å². The van der Waals surface area contributed by atoms with E-state index in [9.17, 15) is 8.78 Å². The fourth-order valence-electron chi connectivity index (χ4n) is 0.544. The van der Waals surface area contributed by atoms with Crippen LogP contribution in [-0.2, 0) is 0 Å². The first-order valence-electron chi connectivity index (χ1n) is 2.52. The summed E-state index contributed by atoms with van der Waals surface area (Å²) in [7, 11) is 0. The maximum Gasteiger partial charge on any atom is 0.180 e. The summed E-state index contributed by atoms with van der Waals surface area (Å²) in [5.41, 5.74) is 0. The average molecular weight is 309 g/mol. The summed E-state index contributed by atoms with van der Waals surface area (Å²) in [5, 5.41) is -0.348. The van der Waals surface area contributed by atoms with Gasteiger partial charge in [-0.05, 0) is 28.7 Å². The molecular formula is C6HCl2F2I. The van der Waals surface area contributed by atoms with E-state index in [0.29, 0.717) is 0 Å². The zero-order valence-corrected chi connectivity index (χ0v) is 8.64. The monoisotopic (exact) mass is 308 g/mol. The van der Waals surface area contributed by atoms with Crippen LogP contribution in [0.15, 0.2) is 6.07 Å². The van der Waals surface area contributed by atoms with Crippen LogP contribution in [0.4, 0.5) is 8.78 Å². The molecule has 0 saturated carbocycles. The third kappa shape index (κ3) is 1.76. The molecule has 0 fully saturated rings. The second kappa shape index (κ2) is 3.41. The topological polar surface area (TPSA) is 0 Å². The largest absolute Gasteiger partial charge is 0.203 e. The van der Waals surface area contributed by atoms with Crippen LogP contribution in [-0.4, -0.2) is 0 Å². The lowest BCUT2D eigenvalue weighted by Gasteiger charge is -2.00. The molecule has 0 aromatic heterocycles. The molecule has 0 aliphatic carbocycles. The van der Waals surface area contributed by atoms with E-state index < -0.39 is 11.6 Å². The Bertz CT molecular complexity index is 275. The minimum absolute atomic E-state index is 0.0231. The van der Waals surface area contributed by atoms with Gasteiger partial charge in [0.25, 0.3) is 0 Å².